The maximum absolute atomic E-state index is 12.1. The Bertz CT molecular complexity index is 440. The monoisotopic (exact) mass is 226 g/mol. The zero-order valence-electron chi connectivity index (χ0n) is 10.2. The molecule has 0 N–H and O–H groups in total. The Balaban J connectivity index is 2.06. The fraction of sp³-hybridized carbons (Fsp3) is 0.312. The Kier molecular flexibility index (Phi) is 3.92. The van der Waals surface area contributed by atoms with Crippen molar-refractivity contribution in [3.8, 4) is 0 Å². The molecule has 1 unspecified atom stereocenters. The summed E-state index contributed by atoms with van der Waals surface area (Å²) in [5.41, 5.74) is 2.10. The van der Waals surface area contributed by atoms with Crippen molar-refractivity contribution in [2.24, 2.45) is 5.92 Å². The van der Waals surface area contributed by atoms with Crippen LogP contribution in [0.15, 0.2) is 54.1 Å². The minimum absolute atomic E-state index is 0.227. The van der Waals surface area contributed by atoms with E-state index in [-0.39, 0.29) is 5.78 Å². The van der Waals surface area contributed by atoms with E-state index in [4.69, 9.17) is 0 Å². The van der Waals surface area contributed by atoms with Crippen LogP contribution in [0.5, 0.6) is 0 Å². The number of ketones is 1. The topological polar surface area (TPSA) is 17.1 Å². The molecule has 17 heavy (non-hydrogen) atoms. The van der Waals surface area contributed by atoms with Crippen LogP contribution in [0.2, 0.25) is 0 Å². The van der Waals surface area contributed by atoms with Gasteiger partial charge < -0.3 is 0 Å². The lowest BCUT2D eigenvalue weighted by molar-refractivity contribution is 0.0990. The van der Waals surface area contributed by atoms with Crippen molar-refractivity contribution in [3.05, 3.63) is 59.7 Å². The molecule has 1 heteroatoms. The average molecular weight is 226 g/mol. The van der Waals surface area contributed by atoms with E-state index in [9.17, 15) is 4.79 Å². The minimum atomic E-state index is 0.227. The van der Waals surface area contributed by atoms with Crippen molar-refractivity contribution >= 4 is 5.78 Å². The Morgan fingerprint density at radius 2 is 2.00 bits per heavy atom. The Hall–Kier alpha value is -1.63. The van der Waals surface area contributed by atoms with Crippen molar-refractivity contribution in [1.29, 1.82) is 0 Å². The molecular weight excluding hydrogens is 208 g/mol. The van der Waals surface area contributed by atoms with Crippen molar-refractivity contribution in [2.75, 3.05) is 0 Å². The summed E-state index contributed by atoms with van der Waals surface area (Å²) in [6, 6.07) is 9.55. The van der Waals surface area contributed by atoms with Crippen LogP contribution in [-0.2, 0) is 0 Å². The third-order valence-corrected chi connectivity index (χ3v) is 3.27. The molecule has 0 heterocycles. The summed E-state index contributed by atoms with van der Waals surface area (Å²) in [4.78, 5) is 12.1. The van der Waals surface area contributed by atoms with Gasteiger partial charge in [-0.3, -0.25) is 4.79 Å². The van der Waals surface area contributed by atoms with Crippen LogP contribution in [-0.4, -0.2) is 5.78 Å². The van der Waals surface area contributed by atoms with Gasteiger partial charge in [0.1, 0.15) is 0 Å². The number of carbonyl (C=O) groups is 1. The van der Waals surface area contributed by atoms with Gasteiger partial charge in [0.25, 0.3) is 0 Å². The fourth-order valence-corrected chi connectivity index (χ4v) is 2.13. The van der Waals surface area contributed by atoms with Gasteiger partial charge in [-0.1, -0.05) is 61.1 Å². The standard InChI is InChI=1S/C16H18O/c1-13-8-4-2-7-11-15(13)12-16(17)14-9-5-3-6-10-14/h2-6,9-11,13H,7-8,12H2,1H3. The predicted octanol–water partition coefficient (Wildman–Crippen LogP) is 4.17. The molecule has 1 aromatic carbocycles. The highest BCUT2D eigenvalue weighted by atomic mass is 16.1. The molecule has 0 amide bonds. The van der Waals surface area contributed by atoms with Crippen LogP contribution in [0.25, 0.3) is 0 Å². The second kappa shape index (κ2) is 5.62. The van der Waals surface area contributed by atoms with Gasteiger partial charge in [0, 0.05) is 12.0 Å². The smallest absolute Gasteiger partial charge is 0.166 e. The van der Waals surface area contributed by atoms with Crippen LogP contribution < -0.4 is 0 Å². The quantitative estimate of drug-likeness (QED) is 0.558. The van der Waals surface area contributed by atoms with E-state index in [0.29, 0.717) is 12.3 Å². The molecule has 0 spiro atoms. The van der Waals surface area contributed by atoms with Crippen molar-refractivity contribution < 1.29 is 4.79 Å². The second-order valence-electron chi connectivity index (χ2n) is 4.59. The summed E-state index contributed by atoms with van der Waals surface area (Å²) in [6.07, 6.45) is 9.16. The van der Waals surface area contributed by atoms with Gasteiger partial charge in [-0.2, -0.15) is 0 Å². The summed E-state index contributed by atoms with van der Waals surface area (Å²) in [5, 5.41) is 0. The summed E-state index contributed by atoms with van der Waals surface area (Å²) in [6.45, 7) is 2.19. The zero-order chi connectivity index (χ0) is 12.1. The molecule has 0 saturated heterocycles. The predicted molar refractivity (Wildman–Crippen MR) is 71.0 cm³/mol. The average Bonchev–Trinajstić information content (AvgIpc) is 2.56. The van der Waals surface area contributed by atoms with Crippen LogP contribution >= 0.6 is 0 Å². The van der Waals surface area contributed by atoms with E-state index in [1.807, 2.05) is 30.3 Å². The fourth-order valence-electron chi connectivity index (χ4n) is 2.13. The Morgan fingerprint density at radius 1 is 1.24 bits per heavy atom. The lowest BCUT2D eigenvalue weighted by atomic mass is 9.92. The summed E-state index contributed by atoms with van der Waals surface area (Å²) in [5.74, 6) is 0.715. The van der Waals surface area contributed by atoms with Crippen molar-refractivity contribution in [1.82, 2.24) is 0 Å². The Labute approximate surface area is 103 Å². The molecule has 0 aliphatic heterocycles. The molecule has 2 rings (SSSR count). The van der Waals surface area contributed by atoms with E-state index in [1.165, 1.54) is 5.57 Å². The maximum atomic E-state index is 12.1. The first-order chi connectivity index (χ1) is 8.27. The highest BCUT2D eigenvalue weighted by Gasteiger charge is 2.14. The first-order valence-electron chi connectivity index (χ1n) is 6.19. The number of Topliss-reactive ketones (excluding diaryl/α,β-unsaturated/α-hetero) is 1. The molecule has 1 aromatic rings. The lowest BCUT2D eigenvalue weighted by Crippen LogP contribution is -2.06. The minimum Gasteiger partial charge on any atom is -0.294 e. The first-order valence-corrected chi connectivity index (χ1v) is 6.19. The number of rotatable bonds is 3. The molecule has 1 nitrogen and oxygen atoms in total. The van der Waals surface area contributed by atoms with Crippen LogP contribution in [0, 0.1) is 5.92 Å². The number of hydrogen-bond donors (Lipinski definition) is 0. The van der Waals surface area contributed by atoms with Crippen LogP contribution in [0.1, 0.15) is 36.5 Å². The molecule has 1 atom stereocenters. The van der Waals surface area contributed by atoms with E-state index in [2.05, 4.69) is 25.2 Å². The normalized spacial score (nSPS) is 19.6. The number of hydrogen-bond acceptors (Lipinski definition) is 1. The highest BCUT2D eigenvalue weighted by molar-refractivity contribution is 5.97. The molecule has 0 aromatic heterocycles. The molecule has 88 valence electrons. The van der Waals surface area contributed by atoms with Gasteiger partial charge in [0.15, 0.2) is 5.78 Å². The van der Waals surface area contributed by atoms with Gasteiger partial charge in [-0.15, -0.1) is 0 Å². The van der Waals surface area contributed by atoms with Crippen LogP contribution in [0.3, 0.4) is 0 Å². The summed E-state index contributed by atoms with van der Waals surface area (Å²) < 4.78 is 0. The highest BCUT2D eigenvalue weighted by Crippen LogP contribution is 2.23. The third-order valence-electron chi connectivity index (χ3n) is 3.27. The van der Waals surface area contributed by atoms with Gasteiger partial charge in [-0.05, 0) is 18.8 Å². The van der Waals surface area contributed by atoms with E-state index < -0.39 is 0 Å². The third kappa shape index (κ3) is 3.16. The zero-order valence-corrected chi connectivity index (χ0v) is 10.2. The molecule has 0 saturated carbocycles. The molecule has 1 aliphatic carbocycles. The number of benzene rings is 1. The van der Waals surface area contributed by atoms with Crippen LogP contribution in [0.4, 0.5) is 0 Å². The van der Waals surface area contributed by atoms with E-state index >= 15 is 0 Å². The van der Waals surface area contributed by atoms with Crippen molar-refractivity contribution in [3.63, 3.8) is 0 Å². The summed E-state index contributed by atoms with van der Waals surface area (Å²) >= 11 is 0. The van der Waals surface area contributed by atoms with Gasteiger partial charge in [-0.25, -0.2) is 0 Å². The number of allylic oxidation sites excluding steroid dienone is 4. The molecule has 1 aliphatic rings. The van der Waals surface area contributed by atoms with Gasteiger partial charge in [0.05, 0.1) is 0 Å². The SMILES string of the molecule is CC1CC=CCC=C1CC(=O)c1ccccc1. The molecule has 0 fully saturated rings. The van der Waals surface area contributed by atoms with E-state index in [1.54, 1.807) is 0 Å². The molecule has 0 bridgehead atoms. The van der Waals surface area contributed by atoms with Crippen molar-refractivity contribution in [2.45, 2.75) is 26.2 Å². The largest absolute Gasteiger partial charge is 0.294 e. The second-order valence-corrected chi connectivity index (χ2v) is 4.59. The summed E-state index contributed by atoms with van der Waals surface area (Å²) in [7, 11) is 0. The maximum Gasteiger partial charge on any atom is 0.166 e. The first kappa shape index (κ1) is 11.8. The number of carbonyl (C=O) groups excluding carboxylic acids is 1. The van der Waals surface area contributed by atoms with Gasteiger partial charge >= 0.3 is 0 Å². The molecule has 0 radical (unpaired) electrons. The lowest BCUT2D eigenvalue weighted by Gasteiger charge is -2.12. The molecular formula is C16H18O. The van der Waals surface area contributed by atoms with E-state index in [0.717, 1.165) is 18.4 Å². The van der Waals surface area contributed by atoms with Gasteiger partial charge in [0.2, 0.25) is 0 Å². The Morgan fingerprint density at radius 3 is 2.76 bits per heavy atom.